The predicted molar refractivity (Wildman–Crippen MR) is 68.8 cm³/mol. The van der Waals surface area contributed by atoms with Gasteiger partial charge in [-0.3, -0.25) is 4.98 Å². The molecule has 0 fully saturated rings. The smallest absolute Gasteiger partial charge is 0.0516 e. The minimum Gasteiger partial charge on any atom is -0.308 e. The first kappa shape index (κ1) is 11.6. The van der Waals surface area contributed by atoms with Crippen molar-refractivity contribution >= 4 is 22.9 Å². The second-order valence-electron chi connectivity index (χ2n) is 3.64. The molecular formula is C12H13ClN2S. The summed E-state index contributed by atoms with van der Waals surface area (Å²) in [5, 5.41) is 6.17. The van der Waals surface area contributed by atoms with E-state index in [1.165, 1.54) is 16.0 Å². The van der Waals surface area contributed by atoms with E-state index in [0.29, 0.717) is 0 Å². The van der Waals surface area contributed by atoms with Crippen molar-refractivity contribution in [3.05, 3.63) is 50.9 Å². The van der Waals surface area contributed by atoms with Crippen LogP contribution in [0.4, 0.5) is 0 Å². The van der Waals surface area contributed by atoms with Gasteiger partial charge in [-0.15, -0.1) is 11.3 Å². The monoisotopic (exact) mass is 252 g/mol. The lowest BCUT2D eigenvalue weighted by atomic mass is 10.1. The van der Waals surface area contributed by atoms with E-state index in [2.05, 4.69) is 17.2 Å². The quantitative estimate of drug-likeness (QED) is 0.902. The molecule has 4 heteroatoms. The summed E-state index contributed by atoms with van der Waals surface area (Å²) in [6.07, 6.45) is 3.71. The second kappa shape index (κ2) is 5.43. The Labute approximate surface area is 104 Å². The average Bonchev–Trinajstić information content (AvgIpc) is 2.67. The first-order valence-electron chi connectivity index (χ1n) is 5.09. The third-order valence-electron chi connectivity index (χ3n) is 2.37. The molecule has 1 N–H and O–H groups in total. The summed E-state index contributed by atoms with van der Waals surface area (Å²) in [7, 11) is 0. The van der Waals surface area contributed by atoms with Crippen LogP contribution < -0.4 is 5.32 Å². The van der Waals surface area contributed by atoms with Crippen molar-refractivity contribution in [2.24, 2.45) is 0 Å². The van der Waals surface area contributed by atoms with E-state index in [1.807, 2.05) is 29.9 Å². The highest BCUT2D eigenvalue weighted by Crippen LogP contribution is 2.18. The minimum atomic E-state index is 0.821. The number of rotatable bonds is 4. The molecular weight excluding hydrogens is 240 g/mol. The first-order chi connectivity index (χ1) is 7.75. The second-order valence-corrected chi connectivity index (χ2v) is 5.07. The normalized spacial score (nSPS) is 10.6. The third-order valence-corrected chi connectivity index (χ3v) is 3.66. The highest BCUT2D eigenvalue weighted by Gasteiger charge is 1.99. The molecule has 0 atom stereocenters. The number of aromatic nitrogens is 1. The summed E-state index contributed by atoms with van der Waals surface area (Å²) in [5.74, 6) is 0. The molecule has 16 heavy (non-hydrogen) atoms. The van der Waals surface area contributed by atoms with E-state index in [9.17, 15) is 0 Å². The summed E-state index contributed by atoms with van der Waals surface area (Å²) >= 11 is 7.54. The van der Waals surface area contributed by atoms with E-state index in [-0.39, 0.29) is 0 Å². The van der Waals surface area contributed by atoms with Gasteiger partial charge in [0.2, 0.25) is 0 Å². The maximum absolute atomic E-state index is 5.86. The van der Waals surface area contributed by atoms with Gasteiger partial charge in [-0.05, 0) is 30.2 Å². The SMILES string of the molecule is Cc1cnccc1CNCc1cc(Cl)cs1. The zero-order valence-corrected chi connectivity index (χ0v) is 10.6. The van der Waals surface area contributed by atoms with E-state index >= 15 is 0 Å². The first-order valence-corrected chi connectivity index (χ1v) is 6.34. The molecule has 0 radical (unpaired) electrons. The Hall–Kier alpha value is -0.900. The van der Waals surface area contributed by atoms with E-state index < -0.39 is 0 Å². The van der Waals surface area contributed by atoms with Crippen molar-refractivity contribution in [2.75, 3.05) is 0 Å². The number of thiophene rings is 1. The molecule has 0 aliphatic heterocycles. The minimum absolute atomic E-state index is 0.821. The Morgan fingerprint density at radius 3 is 3.00 bits per heavy atom. The van der Waals surface area contributed by atoms with E-state index in [0.717, 1.165) is 18.1 Å². The van der Waals surface area contributed by atoms with Crippen molar-refractivity contribution in [2.45, 2.75) is 20.0 Å². The van der Waals surface area contributed by atoms with Gasteiger partial charge in [0.1, 0.15) is 0 Å². The van der Waals surface area contributed by atoms with Crippen molar-refractivity contribution in [3.63, 3.8) is 0 Å². The van der Waals surface area contributed by atoms with E-state index in [1.54, 1.807) is 11.3 Å². The number of nitrogens with one attached hydrogen (secondary N) is 1. The van der Waals surface area contributed by atoms with Crippen LogP contribution in [0.1, 0.15) is 16.0 Å². The lowest BCUT2D eigenvalue weighted by molar-refractivity contribution is 0.697. The number of aryl methyl sites for hydroxylation is 1. The molecule has 0 spiro atoms. The summed E-state index contributed by atoms with van der Waals surface area (Å²) in [6, 6.07) is 4.04. The lowest BCUT2D eigenvalue weighted by Crippen LogP contribution is -2.12. The zero-order chi connectivity index (χ0) is 11.4. The Morgan fingerprint density at radius 1 is 1.44 bits per heavy atom. The molecule has 0 saturated heterocycles. The van der Waals surface area contributed by atoms with Gasteiger partial charge >= 0.3 is 0 Å². The Balaban J connectivity index is 1.87. The highest BCUT2D eigenvalue weighted by atomic mass is 35.5. The van der Waals surface area contributed by atoms with Crippen LogP contribution in [0.25, 0.3) is 0 Å². The fourth-order valence-electron chi connectivity index (χ4n) is 1.47. The largest absolute Gasteiger partial charge is 0.308 e. The molecule has 0 aliphatic rings. The predicted octanol–water partition coefficient (Wildman–Crippen LogP) is 3.39. The maximum Gasteiger partial charge on any atom is 0.0516 e. The molecule has 0 aliphatic carbocycles. The van der Waals surface area contributed by atoms with Crippen LogP contribution in [-0.4, -0.2) is 4.98 Å². The van der Waals surface area contributed by atoms with Gasteiger partial charge in [-0.2, -0.15) is 0 Å². The van der Waals surface area contributed by atoms with E-state index in [4.69, 9.17) is 11.6 Å². The molecule has 84 valence electrons. The molecule has 0 aromatic carbocycles. The lowest BCUT2D eigenvalue weighted by Gasteiger charge is -2.05. The van der Waals surface area contributed by atoms with Gasteiger partial charge in [0.25, 0.3) is 0 Å². The topological polar surface area (TPSA) is 24.9 Å². The Kier molecular flexibility index (Phi) is 3.93. The number of nitrogens with zero attached hydrogens (tertiary/aromatic N) is 1. The molecule has 0 amide bonds. The molecule has 2 rings (SSSR count). The number of hydrogen-bond acceptors (Lipinski definition) is 3. The van der Waals surface area contributed by atoms with Gasteiger partial charge < -0.3 is 5.32 Å². The fraction of sp³-hybridized carbons (Fsp3) is 0.250. The van der Waals surface area contributed by atoms with Gasteiger partial charge in [-0.1, -0.05) is 11.6 Å². The Bertz CT molecular complexity index is 468. The highest BCUT2D eigenvalue weighted by molar-refractivity contribution is 7.10. The van der Waals surface area contributed by atoms with Gasteiger partial charge in [-0.25, -0.2) is 0 Å². The van der Waals surface area contributed by atoms with Gasteiger partial charge in [0, 0.05) is 35.7 Å². The molecule has 2 aromatic heterocycles. The molecule has 0 saturated carbocycles. The number of hydrogen-bond donors (Lipinski definition) is 1. The van der Waals surface area contributed by atoms with Crippen LogP contribution in [-0.2, 0) is 13.1 Å². The summed E-state index contributed by atoms with van der Waals surface area (Å²) in [6.45, 7) is 3.80. The number of pyridine rings is 1. The summed E-state index contributed by atoms with van der Waals surface area (Å²) in [5.41, 5.74) is 2.51. The average molecular weight is 253 g/mol. The standard InChI is InChI=1S/C12H13ClN2S/c1-9-5-14-3-2-10(9)6-15-7-12-4-11(13)8-16-12/h2-5,8,15H,6-7H2,1H3. The van der Waals surface area contributed by atoms with Crippen LogP contribution >= 0.6 is 22.9 Å². The molecule has 0 bridgehead atoms. The maximum atomic E-state index is 5.86. The van der Waals surface area contributed by atoms with Crippen LogP contribution in [0, 0.1) is 6.92 Å². The summed E-state index contributed by atoms with van der Waals surface area (Å²) < 4.78 is 0. The van der Waals surface area contributed by atoms with Crippen LogP contribution in [0.2, 0.25) is 5.02 Å². The number of halogens is 1. The Morgan fingerprint density at radius 2 is 2.31 bits per heavy atom. The van der Waals surface area contributed by atoms with Crippen molar-refractivity contribution in [3.8, 4) is 0 Å². The fourth-order valence-corrected chi connectivity index (χ4v) is 2.51. The van der Waals surface area contributed by atoms with Gasteiger partial charge in [0.15, 0.2) is 0 Å². The van der Waals surface area contributed by atoms with Crippen LogP contribution in [0.5, 0.6) is 0 Å². The van der Waals surface area contributed by atoms with Crippen molar-refractivity contribution in [1.29, 1.82) is 0 Å². The van der Waals surface area contributed by atoms with Crippen molar-refractivity contribution < 1.29 is 0 Å². The molecule has 2 heterocycles. The van der Waals surface area contributed by atoms with Crippen LogP contribution in [0.15, 0.2) is 29.9 Å². The van der Waals surface area contributed by atoms with Gasteiger partial charge in [0.05, 0.1) is 5.02 Å². The van der Waals surface area contributed by atoms with Crippen LogP contribution in [0.3, 0.4) is 0 Å². The molecule has 2 aromatic rings. The zero-order valence-electron chi connectivity index (χ0n) is 9.03. The molecule has 2 nitrogen and oxygen atoms in total. The summed E-state index contributed by atoms with van der Waals surface area (Å²) in [4.78, 5) is 5.33. The molecule has 0 unspecified atom stereocenters. The van der Waals surface area contributed by atoms with Crippen molar-refractivity contribution in [1.82, 2.24) is 10.3 Å². The third kappa shape index (κ3) is 3.04.